The average Bonchev–Trinajstić information content (AvgIpc) is 3.12. The first-order chi connectivity index (χ1) is 12.1. The number of thiazole rings is 1. The van der Waals surface area contributed by atoms with Crippen molar-refractivity contribution in [1.29, 1.82) is 0 Å². The molecule has 7 heteroatoms. The van der Waals surface area contributed by atoms with Crippen molar-refractivity contribution in [3.8, 4) is 5.88 Å². The van der Waals surface area contributed by atoms with E-state index in [4.69, 9.17) is 0 Å². The Labute approximate surface area is 149 Å². The zero-order chi connectivity index (χ0) is 17.8. The number of hydrogen-bond acceptors (Lipinski definition) is 5. The lowest BCUT2D eigenvalue weighted by molar-refractivity contribution is -0.117. The van der Waals surface area contributed by atoms with E-state index in [2.05, 4.69) is 22.1 Å². The molecule has 25 heavy (non-hydrogen) atoms. The number of azo groups is 1. The Kier molecular flexibility index (Phi) is 5.23. The Balaban J connectivity index is 1.87. The third-order valence-corrected chi connectivity index (χ3v) is 4.74. The van der Waals surface area contributed by atoms with Crippen molar-refractivity contribution >= 4 is 33.8 Å². The van der Waals surface area contributed by atoms with E-state index in [1.165, 1.54) is 11.3 Å². The van der Waals surface area contributed by atoms with Crippen LogP contribution in [0, 0.1) is 6.92 Å². The van der Waals surface area contributed by atoms with Crippen LogP contribution < -0.4 is 0 Å². The first-order valence-electron chi connectivity index (χ1n) is 8.26. The number of benzene rings is 1. The Morgan fingerprint density at radius 2 is 2.16 bits per heavy atom. The minimum absolute atomic E-state index is 0.0516. The maximum atomic E-state index is 12.0. The molecule has 130 valence electrons. The van der Waals surface area contributed by atoms with Gasteiger partial charge < -0.3 is 9.67 Å². The number of rotatable bonds is 6. The summed E-state index contributed by atoms with van der Waals surface area (Å²) in [7, 11) is 0. The number of carbonyl (C=O) groups excluding carboxylic acids is 1. The van der Waals surface area contributed by atoms with Crippen LogP contribution in [0.3, 0.4) is 0 Å². The van der Waals surface area contributed by atoms with E-state index in [1.54, 1.807) is 0 Å². The van der Waals surface area contributed by atoms with Crippen LogP contribution in [0.15, 0.2) is 39.9 Å². The van der Waals surface area contributed by atoms with E-state index in [-0.39, 0.29) is 18.2 Å². The maximum Gasteiger partial charge on any atom is 0.270 e. The quantitative estimate of drug-likeness (QED) is 0.646. The van der Waals surface area contributed by atoms with E-state index in [9.17, 15) is 9.90 Å². The Bertz CT molecular complexity index is 926. The summed E-state index contributed by atoms with van der Waals surface area (Å²) in [6.07, 6.45) is 2.09. The molecule has 0 saturated heterocycles. The molecule has 3 aromatic rings. The summed E-state index contributed by atoms with van der Waals surface area (Å²) in [5.41, 5.74) is 1.93. The summed E-state index contributed by atoms with van der Waals surface area (Å²) in [4.78, 5) is 16.3. The van der Waals surface area contributed by atoms with Gasteiger partial charge in [0.15, 0.2) is 5.69 Å². The number of aromatic hydroxyl groups is 1. The molecular formula is C18H20N4O2S. The van der Waals surface area contributed by atoms with Gasteiger partial charge in [-0.1, -0.05) is 31.5 Å². The van der Waals surface area contributed by atoms with Gasteiger partial charge in [0.1, 0.15) is 0 Å². The smallest absolute Gasteiger partial charge is 0.270 e. The van der Waals surface area contributed by atoms with Crippen LogP contribution >= 0.6 is 11.3 Å². The third kappa shape index (κ3) is 3.76. The molecule has 0 saturated carbocycles. The van der Waals surface area contributed by atoms with Gasteiger partial charge in [0.25, 0.3) is 5.91 Å². The van der Waals surface area contributed by atoms with E-state index in [1.807, 2.05) is 41.1 Å². The average molecular weight is 356 g/mol. The first-order valence-corrected chi connectivity index (χ1v) is 9.14. The molecule has 1 aromatic carbocycles. The second-order valence-electron chi connectivity index (χ2n) is 5.82. The van der Waals surface area contributed by atoms with Crippen LogP contribution in [0.5, 0.6) is 5.88 Å². The number of aromatic nitrogens is 2. The van der Waals surface area contributed by atoms with Crippen LogP contribution in [0.25, 0.3) is 10.9 Å². The van der Waals surface area contributed by atoms with Gasteiger partial charge in [0.05, 0.1) is 22.6 Å². The van der Waals surface area contributed by atoms with Gasteiger partial charge >= 0.3 is 0 Å². The van der Waals surface area contributed by atoms with Crippen molar-refractivity contribution < 1.29 is 9.90 Å². The number of unbranched alkanes of at least 4 members (excludes halogenated alkanes) is 1. The molecule has 0 unspecified atom stereocenters. The number of carbonyl (C=O) groups is 1. The molecule has 3 rings (SSSR count). The molecule has 0 aliphatic carbocycles. The van der Waals surface area contributed by atoms with Crippen molar-refractivity contribution in [1.82, 2.24) is 9.55 Å². The van der Waals surface area contributed by atoms with Crippen LogP contribution in [0.2, 0.25) is 0 Å². The second-order valence-corrected chi connectivity index (χ2v) is 6.89. The van der Waals surface area contributed by atoms with Crippen LogP contribution in [-0.4, -0.2) is 20.6 Å². The molecule has 0 bridgehead atoms. The minimum atomic E-state index is -0.380. The number of amides is 1. The van der Waals surface area contributed by atoms with E-state index >= 15 is 0 Å². The van der Waals surface area contributed by atoms with Gasteiger partial charge in [-0.25, -0.2) is 4.98 Å². The Hall–Kier alpha value is -2.54. The van der Waals surface area contributed by atoms with Gasteiger partial charge in [0, 0.05) is 17.3 Å². The van der Waals surface area contributed by atoms with Crippen molar-refractivity contribution in [2.75, 3.05) is 0 Å². The highest BCUT2D eigenvalue weighted by atomic mass is 32.1. The highest BCUT2D eigenvalue weighted by molar-refractivity contribution is 7.09. The molecule has 0 aliphatic rings. The molecule has 1 N–H and O–H groups in total. The Morgan fingerprint density at radius 3 is 2.88 bits per heavy atom. The number of aryl methyl sites for hydroxylation is 2. The monoisotopic (exact) mass is 356 g/mol. The van der Waals surface area contributed by atoms with E-state index in [0.29, 0.717) is 17.9 Å². The van der Waals surface area contributed by atoms with Gasteiger partial charge in [-0.15, -0.1) is 21.6 Å². The molecule has 0 fully saturated rings. The Morgan fingerprint density at radius 1 is 1.36 bits per heavy atom. The van der Waals surface area contributed by atoms with Crippen LogP contribution in [-0.2, 0) is 17.8 Å². The van der Waals surface area contributed by atoms with E-state index < -0.39 is 0 Å². The molecular weight excluding hydrogens is 336 g/mol. The first kappa shape index (κ1) is 17.3. The third-order valence-electron chi connectivity index (χ3n) is 3.91. The summed E-state index contributed by atoms with van der Waals surface area (Å²) < 4.78 is 1.82. The minimum Gasteiger partial charge on any atom is -0.493 e. The number of para-hydroxylation sites is 1. The lowest BCUT2D eigenvalue weighted by Crippen LogP contribution is -1.98. The van der Waals surface area contributed by atoms with Crippen molar-refractivity contribution in [3.63, 3.8) is 0 Å². The maximum absolute atomic E-state index is 12.0. The van der Waals surface area contributed by atoms with E-state index in [0.717, 1.165) is 28.8 Å². The fourth-order valence-electron chi connectivity index (χ4n) is 2.70. The normalized spacial score (nSPS) is 11.6. The van der Waals surface area contributed by atoms with Crippen LogP contribution in [0.1, 0.15) is 30.5 Å². The lowest BCUT2D eigenvalue weighted by Gasteiger charge is -2.05. The lowest BCUT2D eigenvalue weighted by atomic mass is 10.2. The number of hydrogen-bond donors (Lipinski definition) is 1. The molecule has 2 aromatic heterocycles. The highest BCUT2D eigenvalue weighted by Crippen LogP contribution is 2.39. The van der Waals surface area contributed by atoms with Gasteiger partial charge in [0.2, 0.25) is 5.88 Å². The fourth-order valence-corrected chi connectivity index (χ4v) is 3.31. The predicted octanol–water partition coefficient (Wildman–Crippen LogP) is 4.76. The predicted molar refractivity (Wildman–Crippen MR) is 98.6 cm³/mol. The van der Waals surface area contributed by atoms with Gasteiger partial charge in [-0.3, -0.25) is 4.79 Å². The fraction of sp³-hybridized carbons (Fsp3) is 0.333. The van der Waals surface area contributed by atoms with Crippen molar-refractivity contribution in [2.45, 2.75) is 39.7 Å². The zero-order valence-electron chi connectivity index (χ0n) is 14.3. The zero-order valence-corrected chi connectivity index (χ0v) is 15.1. The topological polar surface area (TPSA) is 79.8 Å². The molecule has 2 heterocycles. The van der Waals surface area contributed by atoms with Gasteiger partial charge in [-0.2, -0.15) is 0 Å². The SMILES string of the molecule is CCCCn1c(O)c(N=NC(=O)Cc2csc(C)n2)c2ccccc21. The number of nitrogens with zero attached hydrogens (tertiary/aromatic N) is 4. The number of fused-ring (bicyclic) bond motifs is 1. The standard InChI is InChI=1S/C18H20N4O2S/c1-3-4-9-22-15-8-6-5-7-14(15)17(18(22)24)21-20-16(23)10-13-11-25-12(2)19-13/h5-8,11,24H,3-4,9-10H2,1-2H3. The molecule has 0 spiro atoms. The van der Waals surface area contributed by atoms with Crippen LogP contribution in [0.4, 0.5) is 5.69 Å². The van der Waals surface area contributed by atoms with Crippen molar-refractivity contribution in [2.24, 2.45) is 10.2 Å². The molecule has 0 aliphatic heterocycles. The summed E-state index contributed by atoms with van der Waals surface area (Å²) in [5.74, 6) is -0.328. The summed E-state index contributed by atoms with van der Waals surface area (Å²) in [6, 6.07) is 7.61. The van der Waals surface area contributed by atoms with Crippen molar-refractivity contribution in [3.05, 3.63) is 40.3 Å². The van der Waals surface area contributed by atoms with Gasteiger partial charge in [-0.05, 0) is 19.4 Å². The highest BCUT2D eigenvalue weighted by Gasteiger charge is 2.16. The summed E-state index contributed by atoms with van der Waals surface area (Å²) >= 11 is 1.50. The summed E-state index contributed by atoms with van der Waals surface area (Å²) in [5, 5.41) is 21.9. The second kappa shape index (κ2) is 7.57. The largest absolute Gasteiger partial charge is 0.493 e. The molecule has 0 radical (unpaired) electrons. The molecule has 6 nitrogen and oxygen atoms in total. The molecule has 1 amide bonds. The molecule has 0 atom stereocenters. The summed E-state index contributed by atoms with van der Waals surface area (Å²) in [6.45, 7) is 4.69.